The highest BCUT2D eigenvalue weighted by atomic mass is 35.5. The number of benzene rings is 2. The van der Waals surface area contributed by atoms with Crippen molar-refractivity contribution in [2.24, 2.45) is 5.73 Å². The minimum atomic E-state index is -0.304. The van der Waals surface area contributed by atoms with E-state index in [-0.39, 0.29) is 37.3 Å². The second kappa shape index (κ2) is 10.0. The lowest BCUT2D eigenvalue weighted by molar-refractivity contribution is 0.0998. The zero-order valence-corrected chi connectivity index (χ0v) is 15.6. The van der Waals surface area contributed by atoms with Gasteiger partial charge in [0.1, 0.15) is 18.2 Å². The van der Waals surface area contributed by atoms with Gasteiger partial charge >= 0.3 is 0 Å². The summed E-state index contributed by atoms with van der Waals surface area (Å²) < 4.78 is 29.2. The predicted octanol–water partition coefficient (Wildman–Crippen LogP) is 3.45. The third-order valence-electron chi connectivity index (χ3n) is 3.92. The third kappa shape index (κ3) is 5.50. The van der Waals surface area contributed by atoms with Crippen LogP contribution in [0.1, 0.15) is 28.8 Å². The first-order chi connectivity index (χ1) is 12.7. The quantitative estimate of drug-likeness (QED) is 0.631. The lowest BCUT2D eigenvalue weighted by Crippen LogP contribution is -2.14. The number of ether oxygens (including phenoxy) is 2. The smallest absolute Gasteiger partial charge is 0.235 e. The van der Waals surface area contributed by atoms with Gasteiger partial charge in [-0.15, -0.1) is 12.4 Å². The average molecular weight is 394 g/mol. The summed E-state index contributed by atoms with van der Waals surface area (Å²) in [5, 5.41) is 3.93. The zero-order chi connectivity index (χ0) is 18.4. The molecule has 1 aromatic heterocycles. The van der Waals surface area contributed by atoms with Crippen molar-refractivity contribution in [1.82, 2.24) is 10.1 Å². The van der Waals surface area contributed by atoms with E-state index in [9.17, 15) is 4.39 Å². The van der Waals surface area contributed by atoms with Crippen LogP contribution in [0.3, 0.4) is 0 Å². The molecule has 1 unspecified atom stereocenters. The van der Waals surface area contributed by atoms with Crippen LogP contribution in [-0.2, 0) is 18.0 Å². The van der Waals surface area contributed by atoms with E-state index in [0.717, 1.165) is 16.9 Å². The molecule has 2 aromatic carbocycles. The molecular formula is C19H21ClFN3O3. The van der Waals surface area contributed by atoms with E-state index in [2.05, 4.69) is 10.1 Å². The number of halogens is 2. The van der Waals surface area contributed by atoms with Crippen LogP contribution in [0.5, 0.6) is 5.75 Å². The van der Waals surface area contributed by atoms with Gasteiger partial charge in [-0.25, -0.2) is 4.39 Å². The highest BCUT2D eigenvalue weighted by Gasteiger charge is 2.20. The lowest BCUT2D eigenvalue weighted by atomic mass is 9.99. The lowest BCUT2D eigenvalue weighted by Gasteiger charge is -2.09. The van der Waals surface area contributed by atoms with Crippen LogP contribution >= 0.6 is 12.4 Å². The van der Waals surface area contributed by atoms with Crippen molar-refractivity contribution in [2.75, 3.05) is 13.7 Å². The zero-order valence-electron chi connectivity index (χ0n) is 14.8. The summed E-state index contributed by atoms with van der Waals surface area (Å²) in [7, 11) is 1.62. The van der Waals surface area contributed by atoms with Gasteiger partial charge in [0.15, 0.2) is 5.82 Å². The third-order valence-corrected chi connectivity index (χ3v) is 3.92. The van der Waals surface area contributed by atoms with Gasteiger partial charge in [0.25, 0.3) is 0 Å². The van der Waals surface area contributed by atoms with E-state index < -0.39 is 0 Å². The molecule has 2 N–H and O–H groups in total. The summed E-state index contributed by atoms with van der Waals surface area (Å²) in [4.78, 5) is 4.34. The Labute approximate surface area is 162 Å². The molecule has 144 valence electrons. The summed E-state index contributed by atoms with van der Waals surface area (Å²) in [5.41, 5.74) is 7.63. The van der Waals surface area contributed by atoms with Crippen LogP contribution in [0.2, 0.25) is 0 Å². The molecule has 0 saturated carbocycles. The highest BCUT2D eigenvalue weighted by molar-refractivity contribution is 5.85. The van der Waals surface area contributed by atoms with E-state index in [4.69, 9.17) is 19.7 Å². The maximum Gasteiger partial charge on any atom is 0.235 e. The summed E-state index contributed by atoms with van der Waals surface area (Å²) in [5.74, 6) is 1.01. The molecule has 1 heterocycles. The van der Waals surface area contributed by atoms with Crippen molar-refractivity contribution in [1.29, 1.82) is 0 Å². The summed E-state index contributed by atoms with van der Waals surface area (Å²) in [6.45, 7) is 0.888. The number of hydrogen-bond acceptors (Lipinski definition) is 6. The highest BCUT2D eigenvalue weighted by Crippen LogP contribution is 2.22. The van der Waals surface area contributed by atoms with E-state index in [1.54, 1.807) is 19.2 Å². The van der Waals surface area contributed by atoms with Crippen molar-refractivity contribution in [3.8, 4) is 5.75 Å². The molecule has 0 bridgehead atoms. The van der Waals surface area contributed by atoms with Crippen molar-refractivity contribution >= 4 is 12.4 Å². The fourth-order valence-corrected chi connectivity index (χ4v) is 2.56. The van der Waals surface area contributed by atoms with Crippen molar-refractivity contribution in [3.63, 3.8) is 0 Å². The molecule has 0 fully saturated rings. The maximum absolute atomic E-state index is 13.1. The molecule has 0 aliphatic rings. The molecule has 8 heteroatoms. The van der Waals surface area contributed by atoms with Crippen LogP contribution in [0.25, 0.3) is 0 Å². The van der Waals surface area contributed by atoms with Gasteiger partial charge in [-0.2, -0.15) is 4.98 Å². The van der Waals surface area contributed by atoms with Crippen molar-refractivity contribution in [2.45, 2.75) is 19.1 Å². The number of nitrogens with zero attached hydrogens (tertiary/aromatic N) is 2. The largest absolute Gasteiger partial charge is 0.497 e. The molecule has 1 atom stereocenters. The topological polar surface area (TPSA) is 83.4 Å². The molecule has 0 aliphatic carbocycles. The molecule has 0 saturated heterocycles. The van der Waals surface area contributed by atoms with Crippen LogP contribution in [0.4, 0.5) is 4.39 Å². The molecule has 0 amide bonds. The van der Waals surface area contributed by atoms with Gasteiger partial charge in [-0.05, 0) is 35.4 Å². The number of rotatable bonds is 8. The van der Waals surface area contributed by atoms with Gasteiger partial charge < -0.3 is 19.7 Å². The Bertz CT molecular complexity index is 842. The minimum absolute atomic E-state index is 0. The molecule has 0 radical (unpaired) electrons. The Morgan fingerprint density at radius 1 is 1.15 bits per heavy atom. The minimum Gasteiger partial charge on any atom is -0.497 e. The molecule has 3 rings (SSSR count). The monoisotopic (exact) mass is 393 g/mol. The molecule has 0 aliphatic heterocycles. The Morgan fingerprint density at radius 3 is 2.63 bits per heavy atom. The van der Waals surface area contributed by atoms with Crippen LogP contribution in [0, 0.1) is 5.82 Å². The Morgan fingerprint density at radius 2 is 1.93 bits per heavy atom. The first-order valence-corrected chi connectivity index (χ1v) is 8.18. The predicted molar refractivity (Wildman–Crippen MR) is 100 cm³/mol. The van der Waals surface area contributed by atoms with Gasteiger partial charge in [-0.3, -0.25) is 0 Å². The van der Waals surface area contributed by atoms with Crippen molar-refractivity contribution < 1.29 is 18.4 Å². The standard InChI is InChI=1S/C19H20FN3O3.ClH/c1-24-16-4-2-3-13(9-16)11-25-12-18-22-19(26-23-18)17(10-21)14-5-7-15(20)8-6-14;/h2-9,17H,10-12,21H2,1H3;1H. The molecule has 3 aromatic rings. The normalized spacial score (nSPS) is 11.7. The number of methoxy groups -OCH3 is 1. The number of aromatic nitrogens is 2. The maximum atomic E-state index is 13.1. The summed E-state index contributed by atoms with van der Waals surface area (Å²) in [6.07, 6.45) is 0. The van der Waals surface area contributed by atoms with E-state index >= 15 is 0 Å². The molecule has 0 spiro atoms. The van der Waals surface area contributed by atoms with E-state index in [1.165, 1.54) is 12.1 Å². The SMILES string of the molecule is COc1cccc(COCc2noc(C(CN)c3ccc(F)cc3)n2)c1.Cl. The first kappa shape index (κ1) is 20.8. The average Bonchev–Trinajstić information content (AvgIpc) is 3.12. The van der Waals surface area contributed by atoms with E-state index in [0.29, 0.717) is 18.3 Å². The Kier molecular flexibility index (Phi) is 7.72. The van der Waals surface area contributed by atoms with Crippen LogP contribution in [0.15, 0.2) is 53.1 Å². The van der Waals surface area contributed by atoms with Crippen LogP contribution < -0.4 is 10.5 Å². The van der Waals surface area contributed by atoms with Crippen molar-refractivity contribution in [3.05, 3.63) is 77.2 Å². The van der Waals surface area contributed by atoms with Gasteiger partial charge in [-0.1, -0.05) is 29.4 Å². The first-order valence-electron chi connectivity index (χ1n) is 8.18. The fraction of sp³-hybridized carbons (Fsp3) is 0.263. The molecule has 27 heavy (non-hydrogen) atoms. The second-order valence-electron chi connectivity index (χ2n) is 5.73. The Balaban J connectivity index is 0.00000261. The van der Waals surface area contributed by atoms with E-state index in [1.807, 2.05) is 24.3 Å². The van der Waals surface area contributed by atoms with Gasteiger partial charge in [0.05, 0.1) is 19.6 Å². The second-order valence-corrected chi connectivity index (χ2v) is 5.73. The number of nitrogens with two attached hydrogens (primary N) is 1. The van der Waals surface area contributed by atoms with Gasteiger partial charge in [0.2, 0.25) is 5.89 Å². The summed E-state index contributed by atoms with van der Waals surface area (Å²) in [6, 6.07) is 13.7. The molecular weight excluding hydrogens is 373 g/mol. The van der Waals surface area contributed by atoms with Crippen LogP contribution in [-0.4, -0.2) is 23.8 Å². The summed E-state index contributed by atoms with van der Waals surface area (Å²) >= 11 is 0. The Hall–Kier alpha value is -2.48. The molecule has 6 nitrogen and oxygen atoms in total. The van der Waals surface area contributed by atoms with Gasteiger partial charge in [0, 0.05) is 6.54 Å². The number of hydrogen-bond donors (Lipinski definition) is 1. The fourth-order valence-electron chi connectivity index (χ4n) is 2.56.